The van der Waals surface area contributed by atoms with Crippen molar-refractivity contribution in [1.82, 2.24) is 15.1 Å². The van der Waals surface area contributed by atoms with Crippen molar-refractivity contribution >= 4 is 5.91 Å². The molecular weight excluding hydrogens is 414 g/mol. The van der Waals surface area contributed by atoms with Crippen LogP contribution in [0.15, 0.2) is 66.7 Å². The zero-order valence-electron chi connectivity index (χ0n) is 18.5. The Hall–Kier alpha value is -4.06. The Kier molecular flexibility index (Phi) is 4.47. The first-order chi connectivity index (χ1) is 16.1. The molecule has 3 aromatic carbocycles. The van der Waals surface area contributed by atoms with Gasteiger partial charge in [0.2, 0.25) is 6.79 Å². The third kappa shape index (κ3) is 3.26. The van der Waals surface area contributed by atoms with Crippen LogP contribution in [-0.2, 0) is 6.54 Å². The first-order valence-corrected chi connectivity index (χ1v) is 11.0. The van der Waals surface area contributed by atoms with Crippen LogP contribution >= 0.6 is 0 Å². The van der Waals surface area contributed by atoms with Crippen molar-refractivity contribution in [2.45, 2.75) is 26.4 Å². The summed E-state index contributed by atoms with van der Waals surface area (Å²) in [5.41, 5.74) is 7.69. The zero-order valence-corrected chi connectivity index (χ0v) is 18.5. The molecule has 33 heavy (non-hydrogen) atoms. The minimum Gasteiger partial charge on any atom is -0.454 e. The SMILES string of the molecule is Cc1ccc(-c2n[nH]c3c2C(c2ccc(C)cc2)N(Cc2ccc4c(c2)OCO4)C3=O)cc1. The fraction of sp³-hybridized carbons (Fsp3) is 0.185. The van der Waals surface area contributed by atoms with E-state index in [1.165, 1.54) is 11.1 Å². The fourth-order valence-electron chi connectivity index (χ4n) is 4.62. The highest BCUT2D eigenvalue weighted by atomic mass is 16.7. The summed E-state index contributed by atoms with van der Waals surface area (Å²) in [6, 6.07) is 22.2. The van der Waals surface area contributed by atoms with Gasteiger partial charge in [-0.25, -0.2) is 0 Å². The number of aromatic amines is 1. The van der Waals surface area contributed by atoms with E-state index < -0.39 is 0 Å². The lowest BCUT2D eigenvalue weighted by Crippen LogP contribution is -2.29. The van der Waals surface area contributed by atoms with Gasteiger partial charge in [-0.15, -0.1) is 0 Å². The number of amides is 1. The molecule has 0 aliphatic carbocycles. The van der Waals surface area contributed by atoms with E-state index in [4.69, 9.17) is 9.47 Å². The number of hydrogen-bond donors (Lipinski definition) is 1. The Bertz CT molecular complexity index is 1360. The van der Waals surface area contributed by atoms with E-state index in [1.807, 2.05) is 23.1 Å². The van der Waals surface area contributed by atoms with Gasteiger partial charge in [-0.1, -0.05) is 65.7 Å². The molecule has 1 aromatic heterocycles. The summed E-state index contributed by atoms with van der Waals surface area (Å²) in [6.45, 7) is 4.80. The van der Waals surface area contributed by atoms with Crippen molar-refractivity contribution in [2.75, 3.05) is 6.79 Å². The number of carbonyl (C=O) groups excluding carboxylic acids is 1. The molecular formula is C27H23N3O3. The van der Waals surface area contributed by atoms with Crippen molar-refractivity contribution in [3.63, 3.8) is 0 Å². The van der Waals surface area contributed by atoms with E-state index in [0.29, 0.717) is 18.0 Å². The fourth-order valence-corrected chi connectivity index (χ4v) is 4.62. The Balaban J connectivity index is 1.45. The number of rotatable bonds is 4. The number of ether oxygens (including phenoxy) is 2. The van der Waals surface area contributed by atoms with Gasteiger partial charge >= 0.3 is 0 Å². The number of nitrogens with zero attached hydrogens (tertiary/aromatic N) is 2. The van der Waals surface area contributed by atoms with Crippen LogP contribution in [0.5, 0.6) is 11.5 Å². The number of aromatic nitrogens is 2. The van der Waals surface area contributed by atoms with Crippen LogP contribution in [0.3, 0.4) is 0 Å². The van der Waals surface area contributed by atoms with Crippen molar-refractivity contribution in [1.29, 1.82) is 0 Å². The number of H-pyrrole nitrogens is 1. The van der Waals surface area contributed by atoms with Gasteiger partial charge in [0, 0.05) is 17.7 Å². The van der Waals surface area contributed by atoms with E-state index in [1.54, 1.807) is 0 Å². The number of carbonyl (C=O) groups is 1. The summed E-state index contributed by atoms with van der Waals surface area (Å²) in [6.07, 6.45) is 0. The molecule has 164 valence electrons. The van der Waals surface area contributed by atoms with E-state index in [0.717, 1.165) is 33.7 Å². The molecule has 1 unspecified atom stereocenters. The second kappa shape index (κ2) is 7.52. The molecule has 6 rings (SSSR count). The second-order valence-electron chi connectivity index (χ2n) is 8.66. The van der Waals surface area contributed by atoms with Crippen LogP contribution in [0.4, 0.5) is 0 Å². The summed E-state index contributed by atoms with van der Waals surface area (Å²) in [7, 11) is 0. The third-order valence-corrected chi connectivity index (χ3v) is 6.37. The maximum atomic E-state index is 13.6. The average molecular weight is 437 g/mol. The Morgan fingerprint density at radius 3 is 2.39 bits per heavy atom. The topological polar surface area (TPSA) is 67.5 Å². The van der Waals surface area contributed by atoms with Gasteiger partial charge in [-0.2, -0.15) is 5.10 Å². The molecule has 6 nitrogen and oxygen atoms in total. The minimum absolute atomic E-state index is 0.0564. The molecule has 1 amide bonds. The summed E-state index contributed by atoms with van der Waals surface area (Å²) < 4.78 is 11.0. The Labute approximate surface area is 191 Å². The molecule has 2 aliphatic heterocycles. The van der Waals surface area contributed by atoms with E-state index in [9.17, 15) is 4.79 Å². The maximum Gasteiger partial charge on any atom is 0.273 e. The van der Waals surface area contributed by atoms with Crippen molar-refractivity contribution in [3.8, 4) is 22.8 Å². The lowest BCUT2D eigenvalue weighted by Gasteiger charge is -2.26. The first kappa shape index (κ1) is 19.6. The van der Waals surface area contributed by atoms with Gasteiger partial charge in [0.1, 0.15) is 5.69 Å². The lowest BCUT2D eigenvalue weighted by atomic mass is 9.95. The third-order valence-electron chi connectivity index (χ3n) is 6.37. The van der Waals surface area contributed by atoms with Crippen LogP contribution in [0.25, 0.3) is 11.3 Å². The van der Waals surface area contributed by atoms with Crippen LogP contribution < -0.4 is 9.47 Å². The smallest absolute Gasteiger partial charge is 0.273 e. The maximum absolute atomic E-state index is 13.6. The van der Waals surface area contributed by atoms with Gasteiger partial charge in [-0.3, -0.25) is 9.89 Å². The summed E-state index contributed by atoms with van der Waals surface area (Å²) in [5, 5.41) is 7.59. The van der Waals surface area contributed by atoms with Crippen molar-refractivity contribution < 1.29 is 14.3 Å². The molecule has 0 radical (unpaired) electrons. The molecule has 0 saturated carbocycles. The second-order valence-corrected chi connectivity index (χ2v) is 8.66. The molecule has 0 fully saturated rings. The molecule has 6 heteroatoms. The molecule has 4 aromatic rings. The Morgan fingerprint density at radius 1 is 0.939 bits per heavy atom. The van der Waals surface area contributed by atoms with E-state index in [2.05, 4.69) is 72.6 Å². The monoisotopic (exact) mass is 437 g/mol. The standard InChI is InChI=1S/C27H23N3O3/c1-16-3-8-19(9-4-16)24-23-25(29-28-24)27(31)30(26(23)20-10-5-17(2)6-11-20)14-18-7-12-21-22(13-18)33-15-32-21/h3-13,26H,14-15H2,1-2H3,(H,28,29). The van der Waals surface area contributed by atoms with Gasteiger partial charge in [0.05, 0.1) is 11.7 Å². The van der Waals surface area contributed by atoms with Gasteiger partial charge in [0.25, 0.3) is 5.91 Å². The van der Waals surface area contributed by atoms with Crippen molar-refractivity contribution in [3.05, 3.63) is 100 Å². The van der Waals surface area contributed by atoms with Crippen LogP contribution in [0.2, 0.25) is 0 Å². The number of benzene rings is 3. The average Bonchev–Trinajstić information content (AvgIpc) is 3.52. The van der Waals surface area contributed by atoms with Crippen molar-refractivity contribution in [2.24, 2.45) is 0 Å². The molecule has 2 aliphatic rings. The largest absolute Gasteiger partial charge is 0.454 e. The molecule has 1 N–H and O–H groups in total. The lowest BCUT2D eigenvalue weighted by molar-refractivity contribution is 0.0730. The normalized spacial score (nSPS) is 16.4. The summed E-state index contributed by atoms with van der Waals surface area (Å²) >= 11 is 0. The summed E-state index contributed by atoms with van der Waals surface area (Å²) in [5.74, 6) is 1.39. The van der Waals surface area contributed by atoms with Crippen LogP contribution in [0.1, 0.15) is 44.3 Å². The van der Waals surface area contributed by atoms with Gasteiger partial charge < -0.3 is 14.4 Å². The van der Waals surface area contributed by atoms with Crippen LogP contribution in [0, 0.1) is 13.8 Å². The minimum atomic E-state index is -0.242. The first-order valence-electron chi connectivity index (χ1n) is 11.0. The highest BCUT2D eigenvalue weighted by molar-refractivity contribution is 6.00. The molecule has 0 saturated heterocycles. The molecule has 1 atom stereocenters. The number of fused-ring (bicyclic) bond motifs is 2. The Morgan fingerprint density at radius 2 is 1.64 bits per heavy atom. The number of aryl methyl sites for hydroxylation is 2. The van der Waals surface area contributed by atoms with Crippen LogP contribution in [-0.4, -0.2) is 27.8 Å². The predicted molar refractivity (Wildman–Crippen MR) is 124 cm³/mol. The molecule has 0 bridgehead atoms. The van der Waals surface area contributed by atoms with Gasteiger partial charge in [0.15, 0.2) is 11.5 Å². The zero-order chi connectivity index (χ0) is 22.5. The molecule has 0 spiro atoms. The molecule has 3 heterocycles. The van der Waals surface area contributed by atoms with E-state index in [-0.39, 0.29) is 18.7 Å². The number of nitrogens with one attached hydrogen (secondary N) is 1. The number of hydrogen-bond acceptors (Lipinski definition) is 4. The van der Waals surface area contributed by atoms with Gasteiger partial charge in [-0.05, 0) is 37.1 Å². The summed E-state index contributed by atoms with van der Waals surface area (Å²) in [4.78, 5) is 15.5. The highest BCUT2D eigenvalue weighted by Gasteiger charge is 2.42. The van der Waals surface area contributed by atoms with E-state index >= 15 is 0 Å². The highest BCUT2D eigenvalue weighted by Crippen LogP contribution is 2.44. The predicted octanol–water partition coefficient (Wildman–Crippen LogP) is 5.17. The quantitative estimate of drug-likeness (QED) is 0.478.